The van der Waals surface area contributed by atoms with Crippen LogP contribution in [0.25, 0.3) is 5.69 Å². The molecule has 0 spiro atoms. The zero-order valence-corrected chi connectivity index (χ0v) is 20.5. The number of benzene rings is 3. The molecule has 0 saturated heterocycles. The third-order valence-corrected chi connectivity index (χ3v) is 6.04. The molecule has 4 aromatic rings. The van der Waals surface area contributed by atoms with E-state index < -0.39 is 4.92 Å². The Morgan fingerprint density at radius 3 is 2.40 bits per heavy atom. The number of halogens is 2. The molecule has 0 amide bonds. The van der Waals surface area contributed by atoms with Crippen LogP contribution in [0.4, 0.5) is 11.4 Å². The largest absolute Gasteiger partial charge is 0.489 e. The van der Waals surface area contributed by atoms with E-state index in [0.29, 0.717) is 22.3 Å². The average Bonchev–Trinajstić information content (AvgIpc) is 3.12. The Hall–Kier alpha value is -3.81. The normalized spacial score (nSPS) is 11.1. The van der Waals surface area contributed by atoms with Gasteiger partial charge in [-0.15, -0.1) is 0 Å². The summed E-state index contributed by atoms with van der Waals surface area (Å²) in [6.45, 7) is 4.40. The van der Waals surface area contributed by atoms with E-state index in [4.69, 9.17) is 27.9 Å². The highest BCUT2D eigenvalue weighted by atomic mass is 35.5. The van der Waals surface area contributed by atoms with E-state index in [0.717, 1.165) is 34.0 Å². The molecule has 4 rings (SSSR count). The summed E-state index contributed by atoms with van der Waals surface area (Å²) in [6.07, 6.45) is 1.73. The molecule has 0 fully saturated rings. The quantitative estimate of drug-likeness (QED) is 0.153. The molecule has 0 bridgehead atoms. The van der Waals surface area contributed by atoms with Gasteiger partial charge in [0.05, 0.1) is 16.8 Å². The van der Waals surface area contributed by atoms with Crippen LogP contribution in [0.15, 0.2) is 77.9 Å². The number of rotatable bonds is 8. The fourth-order valence-corrected chi connectivity index (χ4v) is 4.10. The van der Waals surface area contributed by atoms with Crippen molar-refractivity contribution in [3.05, 3.63) is 115 Å². The van der Waals surface area contributed by atoms with Gasteiger partial charge in [-0.05, 0) is 68.4 Å². The number of nitrogens with one attached hydrogen (secondary N) is 1. The lowest BCUT2D eigenvalue weighted by atomic mass is 10.2. The number of aromatic nitrogens is 1. The Morgan fingerprint density at radius 1 is 1.03 bits per heavy atom. The molecule has 0 aliphatic heterocycles. The minimum Gasteiger partial charge on any atom is -0.489 e. The van der Waals surface area contributed by atoms with E-state index in [2.05, 4.69) is 15.1 Å². The number of aryl methyl sites for hydroxylation is 1. The van der Waals surface area contributed by atoms with Crippen LogP contribution in [0.5, 0.6) is 5.75 Å². The summed E-state index contributed by atoms with van der Waals surface area (Å²) in [6, 6.07) is 21.3. The summed E-state index contributed by atoms with van der Waals surface area (Å²) < 4.78 is 8.01. The fraction of sp³-hybridized carbons (Fsp3) is 0.115. The van der Waals surface area contributed by atoms with Crippen molar-refractivity contribution in [2.45, 2.75) is 20.5 Å². The van der Waals surface area contributed by atoms with E-state index in [1.165, 1.54) is 12.1 Å². The second kappa shape index (κ2) is 10.6. The van der Waals surface area contributed by atoms with Gasteiger partial charge in [-0.2, -0.15) is 5.10 Å². The van der Waals surface area contributed by atoms with Crippen molar-refractivity contribution in [1.82, 2.24) is 4.57 Å². The predicted molar refractivity (Wildman–Crippen MR) is 140 cm³/mol. The zero-order chi connectivity index (χ0) is 24.9. The van der Waals surface area contributed by atoms with Crippen LogP contribution >= 0.6 is 23.2 Å². The van der Waals surface area contributed by atoms with Crippen LogP contribution in [-0.2, 0) is 6.61 Å². The molecule has 7 nitrogen and oxygen atoms in total. The predicted octanol–water partition coefficient (Wildman–Crippen LogP) is 7.33. The number of hydrogen-bond donors (Lipinski definition) is 1. The molecule has 0 aliphatic rings. The van der Waals surface area contributed by atoms with Crippen molar-refractivity contribution in [2.24, 2.45) is 5.10 Å². The van der Waals surface area contributed by atoms with Gasteiger partial charge in [0.15, 0.2) is 0 Å². The van der Waals surface area contributed by atoms with Crippen LogP contribution in [0.3, 0.4) is 0 Å². The van der Waals surface area contributed by atoms with Gasteiger partial charge in [-0.1, -0.05) is 29.3 Å². The van der Waals surface area contributed by atoms with Gasteiger partial charge in [0.2, 0.25) is 0 Å². The minimum atomic E-state index is -0.435. The maximum atomic E-state index is 10.8. The molecule has 1 N–H and O–H groups in total. The smallest absolute Gasteiger partial charge is 0.269 e. The summed E-state index contributed by atoms with van der Waals surface area (Å²) >= 11 is 12.2. The van der Waals surface area contributed by atoms with Crippen LogP contribution in [0, 0.1) is 24.0 Å². The first kappa shape index (κ1) is 24.3. The fourth-order valence-electron chi connectivity index (χ4n) is 3.64. The first-order valence-corrected chi connectivity index (χ1v) is 11.5. The number of nitro groups is 1. The molecular formula is C26H22Cl2N4O3. The van der Waals surface area contributed by atoms with Gasteiger partial charge in [-0.25, -0.2) is 0 Å². The van der Waals surface area contributed by atoms with Gasteiger partial charge in [-0.3, -0.25) is 15.5 Å². The SMILES string of the molecule is Cc1cc(/C=N/Nc2ccc([N+](=O)[O-])cc2)c(C)n1-c1ccc(OCc2ccc(Cl)cc2Cl)cc1. The topological polar surface area (TPSA) is 81.7 Å². The molecule has 1 aromatic heterocycles. The van der Waals surface area contributed by atoms with Crippen molar-refractivity contribution in [3.8, 4) is 11.4 Å². The molecule has 1 heterocycles. The Balaban J connectivity index is 1.43. The highest BCUT2D eigenvalue weighted by Crippen LogP contribution is 2.25. The Kier molecular flexibility index (Phi) is 7.39. The summed E-state index contributed by atoms with van der Waals surface area (Å²) in [5, 5.41) is 16.2. The number of nitrogens with zero attached hydrogens (tertiary/aromatic N) is 3. The van der Waals surface area contributed by atoms with Gasteiger partial charge >= 0.3 is 0 Å². The lowest BCUT2D eigenvalue weighted by Crippen LogP contribution is -2.01. The Bertz CT molecular complexity index is 1380. The number of hydrogen-bond acceptors (Lipinski definition) is 5. The molecule has 3 aromatic carbocycles. The molecule has 178 valence electrons. The highest BCUT2D eigenvalue weighted by Gasteiger charge is 2.10. The number of anilines is 1. The standard InChI is InChI=1S/C26H22Cl2N4O3/c1-17-13-20(15-29-30-22-5-7-24(8-6-22)32(33)34)18(2)31(17)23-9-11-25(12-10-23)35-16-19-3-4-21(27)14-26(19)28/h3-15,30H,16H2,1-2H3/b29-15+. The third-order valence-electron chi connectivity index (χ3n) is 5.45. The molecule has 0 aliphatic carbocycles. The average molecular weight is 509 g/mol. The summed E-state index contributed by atoms with van der Waals surface area (Å²) in [7, 11) is 0. The molecule has 0 atom stereocenters. The lowest BCUT2D eigenvalue weighted by Gasteiger charge is -2.12. The van der Waals surface area contributed by atoms with Crippen LogP contribution in [0.2, 0.25) is 10.0 Å². The molecule has 0 unspecified atom stereocenters. The van der Waals surface area contributed by atoms with Crippen molar-refractivity contribution >= 4 is 40.8 Å². The third kappa shape index (κ3) is 5.82. The maximum absolute atomic E-state index is 10.8. The second-order valence-electron chi connectivity index (χ2n) is 7.85. The maximum Gasteiger partial charge on any atom is 0.269 e. The molecule has 35 heavy (non-hydrogen) atoms. The van der Waals surface area contributed by atoms with Crippen molar-refractivity contribution in [2.75, 3.05) is 5.43 Å². The van der Waals surface area contributed by atoms with Crippen LogP contribution in [-0.4, -0.2) is 15.7 Å². The highest BCUT2D eigenvalue weighted by molar-refractivity contribution is 6.35. The Labute approximate surface area is 212 Å². The lowest BCUT2D eigenvalue weighted by molar-refractivity contribution is -0.384. The molecular weight excluding hydrogens is 487 g/mol. The van der Waals surface area contributed by atoms with Gasteiger partial charge in [0.25, 0.3) is 5.69 Å². The van der Waals surface area contributed by atoms with E-state index in [1.807, 2.05) is 50.2 Å². The molecule has 0 saturated carbocycles. The van der Waals surface area contributed by atoms with Gasteiger partial charge in [0.1, 0.15) is 12.4 Å². The van der Waals surface area contributed by atoms with Gasteiger partial charge < -0.3 is 9.30 Å². The van der Waals surface area contributed by atoms with Crippen molar-refractivity contribution in [3.63, 3.8) is 0 Å². The first-order chi connectivity index (χ1) is 16.8. The molecule has 0 radical (unpaired) electrons. The Morgan fingerprint density at radius 2 is 1.74 bits per heavy atom. The first-order valence-electron chi connectivity index (χ1n) is 10.7. The summed E-state index contributed by atoms with van der Waals surface area (Å²) in [5.41, 5.74) is 8.50. The number of nitro benzene ring substituents is 1. The second-order valence-corrected chi connectivity index (χ2v) is 8.70. The van der Waals surface area contributed by atoms with Crippen LogP contribution < -0.4 is 10.2 Å². The minimum absolute atomic E-state index is 0.0354. The van der Waals surface area contributed by atoms with Gasteiger partial charge in [0, 0.05) is 50.4 Å². The monoisotopic (exact) mass is 508 g/mol. The van der Waals surface area contributed by atoms with Crippen LogP contribution in [0.1, 0.15) is 22.5 Å². The number of hydrazone groups is 1. The van der Waals surface area contributed by atoms with E-state index in [9.17, 15) is 10.1 Å². The summed E-state index contributed by atoms with van der Waals surface area (Å²) in [5.74, 6) is 0.733. The molecule has 9 heteroatoms. The zero-order valence-electron chi connectivity index (χ0n) is 19.0. The summed E-state index contributed by atoms with van der Waals surface area (Å²) in [4.78, 5) is 10.3. The number of non-ortho nitro benzene ring substituents is 1. The number of ether oxygens (including phenoxy) is 1. The van der Waals surface area contributed by atoms with E-state index in [-0.39, 0.29) is 5.69 Å². The van der Waals surface area contributed by atoms with Crippen molar-refractivity contribution < 1.29 is 9.66 Å². The van der Waals surface area contributed by atoms with Crippen molar-refractivity contribution in [1.29, 1.82) is 0 Å². The van der Waals surface area contributed by atoms with E-state index >= 15 is 0 Å². The van der Waals surface area contributed by atoms with E-state index in [1.54, 1.807) is 30.5 Å².